The van der Waals surface area contributed by atoms with Crippen molar-refractivity contribution in [3.05, 3.63) is 58.1 Å². The Kier molecular flexibility index (Phi) is 6.89. The van der Waals surface area contributed by atoms with Gasteiger partial charge in [0.05, 0.1) is 11.5 Å². The smallest absolute Gasteiger partial charge is 0.240 e. The first kappa shape index (κ1) is 19.0. The van der Waals surface area contributed by atoms with E-state index in [2.05, 4.69) is 4.72 Å². The number of nitrogens with one attached hydrogen (secondary N) is 1. The Balaban J connectivity index is 2.01. The fourth-order valence-electron chi connectivity index (χ4n) is 1.88. The Labute approximate surface area is 151 Å². The third-order valence-electron chi connectivity index (χ3n) is 3.16. The quantitative estimate of drug-likeness (QED) is 0.701. The van der Waals surface area contributed by atoms with Crippen LogP contribution in [0.4, 0.5) is 0 Å². The summed E-state index contributed by atoms with van der Waals surface area (Å²) in [4.78, 5) is 0.145. The number of rotatable bonds is 8. The molecule has 0 aliphatic rings. The monoisotopic (exact) mass is 389 g/mol. The molecule has 130 valence electrons. The van der Waals surface area contributed by atoms with E-state index in [0.717, 1.165) is 0 Å². The molecule has 0 atom stereocenters. The second kappa shape index (κ2) is 8.69. The first-order valence-electron chi connectivity index (χ1n) is 7.08. The number of halogens is 2. The largest absolute Gasteiger partial charge is 0.491 e. The van der Waals surface area contributed by atoms with Gasteiger partial charge in [-0.25, -0.2) is 13.1 Å². The second-order valence-corrected chi connectivity index (χ2v) is 7.48. The lowest BCUT2D eigenvalue weighted by atomic mass is 10.2. The molecule has 1 N–H and O–H groups in total. The van der Waals surface area contributed by atoms with E-state index in [4.69, 9.17) is 32.7 Å². The van der Waals surface area contributed by atoms with Crippen molar-refractivity contribution >= 4 is 33.2 Å². The summed E-state index contributed by atoms with van der Waals surface area (Å²) in [5.41, 5.74) is 0.643. The topological polar surface area (TPSA) is 64.6 Å². The Hall–Kier alpha value is -1.31. The van der Waals surface area contributed by atoms with Crippen LogP contribution in [0, 0.1) is 0 Å². The third kappa shape index (κ3) is 5.36. The zero-order chi connectivity index (χ0) is 17.6. The SMILES string of the molecule is COCCOc1ccc(S(=O)(=O)NCc2ccc(Cl)cc2Cl)cc1. The molecule has 0 aliphatic heterocycles. The number of hydrogen-bond donors (Lipinski definition) is 1. The van der Waals surface area contributed by atoms with Crippen LogP contribution < -0.4 is 9.46 Å². The number of methoxy groups -OCH3 is 1. The average Bonchev–Trinajstić information content (AvgIpc) is 2.55. The molecular weight excluding hydrogens is 373 g/mol. The van der Waals surface area contributed by atoms with E-state index in [1.165, 1.54) is 12.1 Å². The minimum atomic E-state index is -3.65. The fraction of sp³-hybridized carbons (Fsp3) is 0.250. The molecule has 0 unspecified atom stereocenters. The van der Waals surface area contributed by atoms with Crippen LogP contribution in [0.3, 0.4) is 0 Å². The van der Waals surface area contributed by atoms with E-state index >= 15 is 0 Å². The van der Waals surface area contributed by atoms with E-state index in [0.29, 0.717) is 34.6 Å². The summed E-state index contributed by atoms with van der Waals surface area (Å²) in [6.45, 7) is 0.934. The summed E-state index contributed by atoms with van der Waals surface area (Å²) in [7, 11) is -2.07. The standard InChI is InChI=1S/C16H17Cl2NO4S/c1-22-8-9-23-14-4-6-15(7-5-14)24(20,21)19-11-12-2-3-13(17)10-16(12)18/h2-7,10,19H,8-9,11H2,1H3. The summed E-state index contributed by atoms with van der Waals surface area (Å²) < 4.78 is 37.4. The van der Waals surface area contributed by atoms with Gasteiger partial charge in [0, 0.05) is 23.7 Å². The molecule has 2 aromatic carbocycles. The Morgan fingerprint density at radius 3 is 2.38 bits per heavy atom. The highest BCUT2D eigenvalue weighted by Gasteiger charge is 2.14. The van der Waals surface area contributed by atoms with Gasteiger partial charge in [-0.2, -0.15) is 0 Å². The number of hydrogen-bond acceptors (Lipinski definition) is 4. The lowest BCUT2D eigenvalue weighted by molar-refractivity contribution is 0.146. The predicted molar refractivity (Wildman–Crippen MR) is 94.3 cm³/mol. The van der Waals surface area contributed by atoms with Gasteiger partial charge in [-0.05, 0) is 42.0 Å². The highest BCUT2D eigenvalue weighted by Crippen LogP contribution is 2.22. The summed E-state index contributed by atoms with van der Waals surface area (Å²) in [5.74, 6) is 0.576. The van der Waals surface area contributed by atoms with Crippen LogP contribution in [0.25, 0.3) is 0 Å². The first-order chi connectivity index (χ1) is 11.4. The molecule has 0 fully saturated rings. The van der Waals surface area contributed by atoms with Crippen molar-refractivity contribution in [2.45, 2.75) is 11.4 Å². The molecule has 24 heavy (non-hydrogen) atoms. The fourth-order valence-corrected chi connectivity index (χ4v) is 3.36. The van der Waals surface area contributed by atoms with Gasteiger partial charge >= 0.3 is 0 Å². The molecule has 0 aromatic heterocycles. The third-order valence-corrected chi connectivity index (χ3v) is 5.16. The van der Waals surface area contributed by atoms with Crippen LogP contribution in [0.2, 0.25) is 10.0 Å². The maximum Gasteiger partial charge on any atom is 0.240 e. The lowest BCUT2D eigenvalue weighted by Crippen LogP contribution is -2.23. The normalized spacial score (nSPS) is 11.5. The summed E-state index contributed by atoms with van der Waals surface area (Å²) in [6, 6.07) is 11.1. The van der Waals surface area contributed by atoms with Gasteiger partial charge in [0.1, 0.15) is 12.4 Å². The van der Waals surface area contributed by atoms with Gasteiger partial charge in [-0.15, -0.1) is 0 Å². The van der Waals surface area contributed by atoms with Crippen LogP contribution in [-0.2, 0) is 21.3 Å². The number of benzene rings is 2. The molecule has 0 saturated heterocycles. The lowest BCUT2D eigenvalue weighted by Gasteiger charge is -2.10. The van der Waals surface area contributed by atoms with Crippen molar-refractivity contribution < 1.29 is 17.9 Å². The van der Waals surface area contributed by atoms with Gasteiger partial charge in [-0.3, -0.25) is 0 Å². The molecule has 2 rings (SSSR count). The molecule has 0 saturated carbocycles. The molecule has 5 nitrogen and oxygen atoms in total. The van der Waals surface area contributed by atoms with Crippen LogP contribution in [-0.4, -0.2) is 28.7 Å². The van der Waals surface area contributed by atoms with Crippen LogP contribution in [0.1, 0.15) is 5.56 Å². The molecule has 0 heterocycles. The molecule has 0 spiro atoms. The van der Waals surface area contributed by atoms with Crippen molar-refractivity contribution in [3.8, 4) is 5.75 Å². The summed E-state index contributed by atoms with van der Waals surface area (Å²) >= 11 is 11.9. The van der Waals surface area contributed by atoms with Crippen LogP contribution in [0.15, 0.2) is 47.4 Å². The van der Waals surface area contributed by atoms with Gasteiger partial charge in [-0.1, -0.05) is 29.3 Å². The van der Waals surface area contributed by atoms with Crippen LogP contribution in [0.5, 0.6) is 5.75 Å². The number of sulfonamides is 1. The molecule has 0 radical (unpaired) electrons. The van der Waals surface area contributed by atoms with E-state index < -0.39 is 10.0 Å². The number of ether oxygens (including phenoxy) is 2. The maximum absolute atomic E-state index is 12.3. The van der Waals surface area contributed by atoms with Gasteiger partial charge in [0.25, 0.3) is 0 Å². The van der Waals surface area contributed by atoms with E-state index in [-0.39, 0.29) is 11.4 Å². The van der Waals surface area contributed by atoms with Crippen molar-refractivity contribution in [1.29, 1.82) is 0 Å². The summed E-state index contributed by atoms with van der Waals surface area (Å²) in [6.07, 6.45) is 0. The Bertz CT molecular complexity index is 779. The zero-order valence-corrected chi connectivity index (χ0v) is 15.3. The van der Waals surface area contributed by atoms with E-state index in [1.807, 2.05) is 0 Å². The van der Waals surface area contributed by atoms with Crippen molar-refractivity contribution in [2.24, 2.45) is 0 Å². The van der Waals surface area contributed by atoms with Crippen molar-refractivity contribution in [2.75, 3.05) is 20.3 Å². The zero-order valence-electron chi connectivity index (χ0n) is 13.0. The molecule has 0 aliphatic carbocycles. The van der Waals surface area contributed by atoms with E-state index in [1.54, 1.807) is 37.4 Å². The average molecular weight is 390 g/mol. The molecule has 0 amide bonds. The molecule has 0 bridgehead atoms. The minimum Gasteiger partial charge on any atom is -0.491 e. The first-order valence-corrected chi connectivity index (χ1v) is 9.31. The van der Waals surface area contributed by atoms with Crippen LogP contribution >= 0.6 is 23.2 Å². The highest BCUT2D eigenvalue weighted by atomic mass is 35.5. The summed E-state index contributed by atoms with van der Waals surface area (Å²) in [5, 5.41) is 0.905. The maximum atomic E-state index is 12.3. The van der Waals surface area contributed by atoms with Crippen molar-refractivity contribution in [3.63, 3.8) is 0 Å². The molecule has 8 heteroatoms. The minimum absolute atomic E-state index is 0.0738. The second-order valence-electron chi connectivity index (χ2n) is 4.87. The predicted octanol–water partition coefficient (Wildman–Crippen LogP) is 3.50. The van der Waals surface area contributed by atoms with Crippen molar-refractivity contribution in [1.82, 2.24) is 4.72 Å². The van der Waals surface area contributed by atoms with Gasteiger partial charge in [0.2, 0.25) is 10.0 Å². The molecular formula is C16H17Cl2NO4S. The van der Waals surface area contributed by atoms with Gasteiger partial charge in [0.15, 0.2) is 0 Å². The Morgan fingerprint density at radius 1 is 1.04 bits per heavy atom. The van der Waals surface area contributed by atoms with Gasteiger partial charge < -0.3 is 9.47 Å². The Morgan fingerprint density at radius 2 is 1.75 bits per heavy atom. The van der Waals surface area contributed by atoms with E-state index in [9.17, 15) is 8.42 Å². The highest BCUT2D eigenvalue weighted by molar-refractivity contribution is 7.89. The molecule has 2 aromatic rings.